The first-order valence-electron chi connectivity index (χ1n) is 9.45. The summed E-state index contributed by atoms with van der Waals surface area (Å²) in [5.41, 5.74) is 2.05. The summed E-state index contributed by atoms with van der Waals surface area (Å²) in [4.78, 5) is 22.7. The maximum absolute atomic E-state index is 11.4. The van der Waals surface area contributed by atoms with E-state index < -0.39 is 5.97 Å². The lowest BCUT2D eigenvalue weighted by Crippen LogP contribution is -2.13. The number of rotatable bonds is 11. The summed E-state index contributed by atoms with van der Waals surface area (Å²) in [6.45, 7) is 7.67. The lowest BCUT2D eigenvalue weighted by Gasteiger charge is -2.15. The minimum absolute atomic E-state index is 0.126. The molecule has 0 aliphatic heterocycles. The number of benzene rings is 2. The van der Waals surface area contributed by atoms with Crippen molar-refractivity contribution in [3.05, 3.63) is 60.7 Å². The average molecular weight is 398 g/mol. The SMILES string of the molecule is C=C(C)C(=O)OCCOc1ccccc1-c1ccccc1OCCOC(=O)CC. The highest BCUT2D eigenvalue weighted by atomic mass is 16.6. The summed E-state index contributed by atoms with van der Waals surface area (Å²) < 4.78 is 21.7. The minimum atomic E-state index is -0.440. The largest absolute Gasteiger partial charge is 0.489 e. The third kappa shape index (κ3) is 6.99. The molecule has 6 heteroatoms. The Morgan fingerprint density at radius 2 is 1.28 bits per heavy atom. The number of ether oxygens (including phenoxy) is 4. The Hall–Kier alpha value is -3.28. The summed E-state index contributed by atoms with van der Waals surface area (Å²) >= 11 is 0. The molecule has 2 aromatic rings. The van der Waals surface area contributed by atoms with Gasteiger partial charge in [0, 0.05) is 23.1 Å². The van der Waals surface area contributed by atoms with Gasteiger partial charge in [-0.1, -0.05) is 49.9 Å². The second kappa shape index (κ2) is 11.5. The minimum Gasteiger partial charge on any atom is -0.489 e. The zero-order valence-electron chi connectivity index (χ0n) is 16.8. The van der Waals surface area contributed by atoms with E-state index in [1.165, 1.54) is 0 Å². The zero-order valence-corrected chi connectivity index (χ0v) is 16.8. The molecular formula is C23H26O6. The summed E-state index contributed by atoms with van der Waals surface area (Å²) in [6, 6.07) is 15.1. The molecule has 2 aromatic carbocycles. The Morgan fingerprint density at radius 1 is 0.793 bits per heavy atom. The molecule has 2 rings (SSSR count). The van der Waals surface area contributed by atoms with Crippen LogP contribution in [0.4, 0.5) is 0 Å². The van der Waals surface area contributed by atoms with Crippen LogP contribution in [-0.4, -0.2) is 38.4 Å². The molecule has 0 bridgehead atoms. The first-order valence-corrected chi connectivity index (χ1v) is 9.45. The standard InChI is InChI=1S/C23H26O6/c1-4-22(24)28-15-13-26-20-11-7-5-9-18(20)19-10-6-8-12-21(19)27-14-16-29-23(25)17(2)3/h5-12H,2,4,13-16H2,1,3H3. The third-order valence-corrected chi connectivity index (χ3v) is 3.88. The molecule has 0 saturated heterocycles. The molecular weight excluding hydrogens is 372 g/mol. The fourth-order valence-electron chi connectivity index (χ4n) is 2.45. The fourth-order valence-corrected chi connectivity index (χ4v) is 2.45. The Morgan fingerprint density at radius 3 is 1.76 bits per heavy atom. The van der Waals surface area contributed by atoms with Crippen LogP contribution >= 0.6 is 0 Å². The summed E-state index contributed by atoms with van der Waals surface area (Å²) in [5, 5.41) is 0. The third-order valence-electron chi connectivity index (χ3n) is 3.88. The maximum atomic E-state index is 11.4. The molecule has 0 aliphatic carbocycles. The van der Waals surface area contributed by atoms with Crippen LogP contribution in [0.3, 0.4) is 0 Å². The smallest absolute Gasteiger partial charge is 0.333 e. The van der Waals surface area contributed by atoms with E-state index in [9.17, 15) is 9.59 Å². The van der Waals surface area contributed by atoms with Gasteiger partial charge in [-0.15, -0.1) is 0 Å². The van der Waals surface area contributed by atoms with Gasteiger partial charge in [0.05, 0.1) is 0 Å². The molecule has 0 aromatic heterocycles. The van der Waals surface area contributed by atoms with Crippen molar-refractivity contribution in [1.29, 1.82) is 0 Å². The first-order chi connectivity index (χ1) is 14.0. The molecule has 0 unspecified atom stereocenters. The van der Waals surface area contributed by atoms with Gasteiger partial charge in [-0.2, -0.15) is 0 Å². The van der Waals surface area contributed by atoms with Gasteiger partial charge in [-0.25, -0.2) is 4.79 Å². The summed E-state index contributed by atoms with van der Waals surface area (Å²) in [7, 11) is 0. The van der Waals surface area contributed by atoms with E-state index in [2.05, 4.69) is 6.58 Å². The molecule has 0 aliphatic rings. The Kier molecular flexibility index (Phi) is 8.76. The number of carbonyl (C=O) groups is 2. The normalized spacial score (nSPS) is 10.1. The van der Waals surface area contributed by atoms with Crippen LogP contribution in [0.5, 0.6) is 11.5 Å². The second-order valence-corrected chi connectivity index (χ2v) is 6.18. The highest BCUT2D eigenvalue weighted by Crippen LogP contribution is 2.36. The van der Waals surface area contributed by atoms with Crippen LogP contribution in [0.25, 0.3) is 11.1 Å². The van der Waals surface area contributed by atoms with Gasteiger partial charge >= 0.3 is 11.9 Å². The quantitative estimate of drug-likeness (QED) is 0.321. The number of carbonyl (C=O) groups excluding carboxylic acids is 2. The number of esters is 2. The topological polar surface area (TPSA) is 71.1 Å². The molecule has 0 fully saturated rings. The van der Waals surface area contributed by atoms with E-state index >= 15 is 0 Å². The van der Waals surface area contributed by atoms with Crippen LogP contribution < -0.4 is 9.47 Å². The van der Waals surface area contributed by atoms with Crippen molar-refractivity contribution in [2.24, 2.45) is 0 Å². The van der Waals surface area contributed by atoms with E-state index in [0.29, 0.717) is 23.5 Å². The van der Waals surface area contributed by atoms with Crippen LogP contribution in [0, 0.1) is 0 Å². The Balaban J connectivity index is 2.04. The number of para-hydroxylation sites is 2. The van der Waals surface area contributed by atoms with Crippen LogP contribution in [-0.2, 0) is 19.1 Å². The molecule has 0 saturated carbocycles. The highest BCUT2D eigenvalue weighted by Gasteiger charge is 2.12. The van der Waals surface area contributed by atoms with E-state index in [1.807, 2.05) is 48.5 Å². The van der Waals surface area contributed by atoms with Crippen molar-refractivity contribution in [3.63, 3.8) is 0 Å². The van der Waals surface area contributed by atoms with Gasteiger partial charge in [-0.3, -0.25) is 4.79 Å². The van der Waals surface area contributed by atoms with Crippen molar-refractivity contribution in [1.82, 2.24) is 0 Å². The lowest BCUT2D eigenvalue weighted by molar-refractivity contribution is -0.144. The van der Waals surface area contributed by atoms with Crippen LogP contribution in [0.1, 0.15) is 20.3 Å². The molecule has 0 amide bonds. The molecule has 0 N–H and O–H groups in total. The first kappa shape index (κ1) is 22.0. The van der Waals surface area contributed by atoms with Crippen molar-refractivity contribution < 1.29 is 28.5 Å². The van der Waals surface area contributed by atoms with E-state index in [-0.39, 0.29) is 32.4 Å². The van der Waals surface area contributed by atoms with Gasteiger partial charge < -0.3 is 18.9 Å². The molecule has 0 heterocycles. The van der Waals surface area contributed by atoms with Crippen molar-refractivity contribution in [2.75, 3.05) is 26.4 Å². The monoisotopic (exact) mass is 398 g/mol. The molecule has 29 heavy (non-hydrogen) atoms. The van der Waals surface area contributed by atoms with Gasteiger partial charge in [0.25, 0.3) is 0 Å². The molecule has 0 atom stereocenters. The predicted octanol–water partition coefficient (Wildman–Crippen LogP) is 4.18. The second-order valence-electron chi connectivity index (χ2n) is 6.18. The van der Waals surface area contributed by atoms with Gasteiger partial charge in [0.1, 0.15) is 37.9 Å². The molecule has 154 valence electrons. The Bertz CT molecular complexity index is 843. The molecule has 0 spiro atoms. The van der Waals surface area contributed by atoms with E-state index in [1.54, 1.807) is 13.8 Å². The zero-order chi connectivity index (χ0) is 21.1. The molecule has 0 radical (unpaired) electrons. The van der Waals surface area contributed by atoms with Crippen LogP contribution in [0.15, 0.2) is 60.7 Å². The number of hydrogen-bond acceptors (Lipinski definition) is 6. The average Bonchev–Trinajstić information content (AvgIpc) is 2.74. The van der Waals surface area contributed by atoms with Gasteiger partial charge in [-0.05, 0) is 19.1 Å². The lowest BCUT2D eigenvalue weighted by atomic mass is 10.0. The van der Waals surface area contributed by atoms with E-state index in [4.69, 9.17) is 18.9 Å². The summed E-state index contributed by atoms with van der Waals surface area (Å²) in [6.07, 6.45) is 0.336. The van der Waals surface area contributed by atoms with Gasteiger partial charge in [0.15, 0.2) is 0 Å². The summed E-state index contributed by atoms with van der Waals surface area (Å²) in [5.74, 6) is 0.606. The fraction of sp³-hybridized carbons (Fsp3) is 0.304. The van der Waals surface area contributed by atoms with Crippen molar-refractivity contribution in [2.45, 2.75) is 20.3 Å². The van der Waals surface area contributed by atoms with Gasteiger partial charge in [0.2, 0.25) is 0 Å². The predicted molar refractivity (Wildman–Crippen MR) is 110 cm³/mol. The highest BCUT2D eigenvalue weighted by molar-refractivity contribution is 5.86. The Labute approximate surface area is 171 Å². The van der Waals surface area contributed by atoms with Crippen LogP contribution in [0.2, 0.25) is 0 Å². The maximum Gasteiger partial charge on any atom is 0.333 e. The van der Waals surface area contributed by atoms with Crippen molar-refractivity contribution >= 4 is 11.9 Å². The van der Waals surface area contributed by atoms with Crippen molar-refractivity contribution in [3.8, 4) is 22.6 Å². The van der Waals surface area contributed by atoms with E-state index in [0.717, 1.165) is 11.1 Å². The number of hydrogen-bond donors (Lipinski definition) is 0. The molecule has 6 nitrogen and oxygen atoms in total.